The van der Waals surface area contributed by atoms with Crippen LogP contribution >= 0.6 is 0 Å². The molecule has 0 bridgehead atoms. The second-order valence-corrected chi connectivity index (χ2v) is 5.11. The lowest BCUT2D eigenvalue weighted by atomic mass is 9.77. The van der Waals surface area contributed by atoms with Gasteiger partial charge in [-0.05, 0) is 31.5 Å². The summed E-state index contributed by atoms with van der Waals surface area (Å²) in [6.45, 7) is 3.56. The van der Waals surface area contributed by atoms with E-state index in [-0.39, 0.29) is 6.61 Å². The Hall–Kier alpha value is -2.81. The van der Waals surface area contributed by atoms with Crippen molar-refractivity contribution in [2.24, 2.45) is 5.92 Å². The summed E-state index contributed by atoms with van der Waals surface area (Å²) in [6.07, 6.45) is 0. The maximum absolute atomic E-state index is 12.3. The van der Waals surface area contributed by atoms with Crippen molar-refractivity contribution in [2.75, 3.05) is 13.7 Å². The molecule has 1 aromatic carbocycles. The predicted octanol–water partition coefficient (Wildman–Crippen LogP) is 1.89. The number of methoxy groups -OCH3 is 1. The van der Waals surface area contributed by atoms with Gasteiger partial charge in [0.1, 0.15) is 11.7 Å². The minimum absolute atomic E-state index is 0.218. The number of nitriles is 1. The molecule has 23 heavy (non-hydrogen) atoms. The number of nitrogens with one attached hydrogen (secondary N) is 1. The molecule has 120 valence electrons. The molecule has 0 radical (unpaired) electrons. The van der Waals surface area contributed by atoms with E-state index in [1.54, 1.807) is 45.2 Å². The molecule has 0 aromatic heterocycles. The van der Waals surface area contributed by atoms with E-state index >= 15 is 0 Å². The van der Waals surface area contributed by atoms with E-state index in [0.29, 0.717) is 22.6 Å². The van der Waals surface area contributed by atoms with E-state index in [2.05, 4.69) is 5.32 Å². The first kappa shape index (κ1) is 16.6. The van der Waals surface area contributed by atoms with Gasteiger partial charge in [-0.2, -0.15) is 5.26 Å². The largest absolute Gasteiger partial charge is 0.497 e. The lowest BCUT2D eigenvalue weighted by Gasteiger charge is -2.30. The Morgan fingerprint density at radius 1 is 1.35 bits per heavy atom. The number of allylic oxidation sites excluding steroid dienone is 1. The normalized spacial score (nSPS) is 20.5. The van der Waals surface area contributed by atoms with E-state index < -0.39 is 23.7 Å². The second kappa shape index (κ2) is 6.97. The number of amides is 1. The Bertz CT molecular complexity index is 686. The second-order valence-electron chi connectivity index (χ2n) is 5.11. The van der Waals surface area contributed by atoms with Gasteiger partial charge >= 0.3 is 5.97 Å². The average molecular weight is 314 g/mol. The van der Waals surface area contributed by atoms with Crippen molar-refractivity contribution in [2.45, 2.75) is 19.8 Å². The van der Waals surface area contributed by atoms with Gasteiger partial charge in [-0.3, -0.25) is 4.79 Å². The van der Waals surface area contributed by atoms with Crippen LogP contribution in [-0.2, 0) is 14.3 Å². The van der Waals surface area contributed by atoms with Crippen molar-refractivity contribution in [3.63, 3.8) is 0 Å². The zero-order chi connectivity index (χ0) is 17.0. The third kappa shape index (κ3) is 3.19. The zero-order valence-corrected chi connectivity index (χ0v) is 13.3. The molecule has 1 heterocycles. The zero-order valence-electron chi connectivity index (χ0n) is 13.3. The Morgan fingerprint density at radius 2 is 2.00 bits per heavy atom. The summed E-state index contributed by atoms with van der Waals surface area (Å²) in [5.41, 5.74) is 1.42. The molecule has 2 unspecified atom stereocenters. The molecule has 0 saturated carbocycles. The van der Waals surface area contributed by atoms with E-state index in [9.17, 15) is 14.9 Å². The minimum Gasteiger partial charge on any atom is -0.497 e. The third-order valence-electron chi connectivity index (χ3n) is 3.75. The lowest BCUT2D eigenvalue weighted by molar-refractivity contribution is -0.139. The standard InChI is InChI=1S/C17H18N2O4/c1-4-23-17(21)14-10(2)19-16(20)13(9-18)15(14)11-5-7-12(22-3)8-6-11/h5-8,13,15H,4H2,1-3H3,(H,19,20). The molecule has 0 fully saturated rings. The highest BCUT2D eigenvalue weighted by atomic mass is 16.5. The summed E-state index contributed by atoms with van der Waals surface area (Å²) < 4.78 is 10.2. The van der Waals surface area contributed by atoms with Crippen LogP contribution in [0.25, 0.3) is 0 Å². The Balaban J connectivity index is 2.54. The van der Waals surface area contributed by atoms with Crippen molar-refractivity contribution in [1.82, 2.24) is 5.32 Å². The molecule has 0 saturated heterocycles. The van der Waals surface area contributed by atoms with Gasteiger partial charge in [-0.15, -0.1) is 0 Å². The summed E-state index contributed by atoms with van der Waals surface area (Å²) in [7, 11) is 1.55. The van der Waals surface area contributed by atoms with Gasteiger partial charge in [-0.1, -0.05) is 12.1 Å². The van der Waals surface area contributed by atoms with Gasteiger partial charge in [0.25, 0.3) is 0 Å². The first-order valence-electron chi connectivity index (χ1n) is 7.25. The molecule has 2 rings (SSSR count). The van der Waals surface area contributed by atoms with Crippen molar-refractivity contribution in [1.29, 1.82) is 5.26 Å². The molecular formula is C17H18N2O4. The molecule has 0 spiro atoms. The molecule has 1 aliphatic rings. The summed E-state index contributed by atoms with van der Waals surface area (Å²) in [5.74, 6) is -1.95. The molecule has 1 N–H and O–H groups in total. The van der Waals surface area contributed by atoms with Gasteiger partial charge in [0.15, 0.2) is 0 Å². The highest BCUT2D eigenvalue weighted by Crippen LogP contribution is 2.37. The first-order valence-corrected chi connectivity index (χ1v) is 7.25. The summed E-state index contributed by atoms with van der Waals surface area (Å²) in [6, 6.07) is 8.95. The molecule has 1 amide bonds. The fourth-order valence-corrected chi connectivity index (χ4v) is 2.67. The number of hydrogen-bond acceptors (Lipinski definition) is 5. The first-order chi connectivity index (χ1) is 11.0. The van der Waals surface area contributed by atoms with Gasteiger partial charge in [0, 0.05) is 11.6 Å². The molecule has 6 nitrogen and oxygen atoms in total. The SMILES string of the molecule is CCOC(=O)C1=C(C)NC(=O)C(C#N)C1c1ccc(OC)cc1. The number of carbonyl (C=O) groups is 2. The molecule has 6 heteroatoms. The van der Waals surface area contributed by atoms with E-state index in [0.717, 1.165) is 0 Å². The maximum atomic E-state index is 12.3. The summed E-state index contributed by atoms with van der Waals surface area (Å²) in [5, 5.41) is 12.0. The fraction of sp³-hybridized carbons (Fsp3) is 0.353. The van der Waals surface area contributed by atoms with Gasteiger partial charge in [0.05, 0.1) is 25.4 Å². The molecule has 0 aliphatic carbocycles. The van der Waals surface area contributed by atoms with Gasteiger partial charge in [0.2, 0.25) is 5.91 Å². The van der Waals surface area contributed by atoms with E-state index in [4.69, 9.17) is 9.47 Å². The van der Waals surface area contributed by atoms with E-state index in [1.807, 2.05) is 6.07 Å². The average Bonchev–Trinajstić information content (AvgIpc) is 2.54. The van der Waals surface area contributed by atoms with Gasteiger partial charge in [-0.25, -0.2) is 4.79 Å². The number of hydrogen-bond donors (Lipinski definition) is 1. The van der Waals surface area contributed by atoms with Crippen LogP contribution in [0.4, 0.5) is 0 Å². The summed E-state index contributed by atoms with van der Waals surface area (Å²) >= 11 is 0. The van der Waals surface area contributed by atoms with Crippen LogP contribution < -0.4 is 10.1 Å². The lowest BCUT2D eigenvalue weighted by Crippen LogP contribution is -2.41. The van der Waals surface area contributed by atoms with Crippen molar-refractivity contribution < 1.29 is 19.1 Å². The van der Waals surface area contributed by atoms with Crippen molar-refractivity contribution in [3.8, 4) is 11.8 Å². The minimum atomic E-state index is -0.994. The quantitative estimate of drug-likeness (QED) is 0.857. The third-order valence-corrected chi connectivity index (χ3v) is 3.75. The van der Waals surface area contributed by atoms with Crippen LogP contribution in [0.2, 0.25) is 0 Å². The Morgan fingerprint density at radius 3 is 2.52 bits per heavy atom. The van der Waals surface area contributed by atoms with Crippen molar-refractivity contribution >= 4 is 11.9 Å². The number of ether oxygens (including phenoxy) is 2. The van der Waals surface area contributed by atoms with Crippen molar-refractivity contribution in [3.05, 3.63) is 41.1 Å². The van der Waals surface area contributed by atoms with Gasteiger partial charge < -0.3 is 14.8 Å². The Labute approximate surface area is 134 Å². The monoisotopic (exact) mass is 314 g/mol. The van der Waals surface area contributed by atoms with Crippen LogP contribution in [0.5, 0.6) is 5.75 Å². The maximum Gasteiger partial charge on any atom is 0.336 e. The topological polar surface area (TPSA) is 88.4 Å². The molecule has 1 aliphatic heterocycles. The Kier molecular flexibility index (Phi) is 5.02. The van der Waals surface area contributed by atoms with E-state index in [1.165, 1.54) is 0 Å². The predicted molar refractivity (Wildman–Crippen MR) is 82.3 cm³/mol. The number of rotatable bonds is 4. The fourth-order valence-electron chi connectivity index (χ4n) is 2.67. The molecular weight excluding hydrogens is 296 g/mol. The van der Waals surface area contributed by atoms with Crippen LogP contribution in [0.15, 0.2) is 35.5 Å². The molecule has 1 aromatic rings. The highest BCUT2D eigenvalue weighted by molar-refractivity contribution is 5.97. The molecule has 2 atom stereocenters. The number of nitrogens with zero attached hydrogens (tertiary/aromatic N) is 1. The number of esters is 1. The van der Waals surface area contributed by atoms with Crippen LogP contribution in [-0.4, -0.2) is 25.6 Å². The van der Waals surface area contributed by atoms with Crippen LogP contribution in [0.3, 0.4) is 0 Å². The number of carbonyl (C=O) groups excluding carboxylic acids is 2. The van der Waals surface area contributed by atoms with Crippen LogP contribution in [0.1, 0.15) is 25.3 Å². The smallest absolute Gasteiger partial charge is 0.336 e. The number of benzene rings is 1. The van der Waals surface area contributed by atoms with Crippen LogP contribution in [0, 0.1) is 17.2 Å². The highest BCUT2D eigenvalue weighted by Gasteiger charge is 2.41. The summed E-state index contributed by atoms with van der Waals surface area (Å²) in [4.78, 5) is 24.4.